The van der Waals surface area contributed by atoms with Gasteiger partial charge in [-0.25, -0.2) is 4.57 Å². The second-order valence-electron chi connectivity index (χ2n) is 12.8. The Hall–Kier alpha value is -2.81. The van der Waals surface area contributed by atoms with Crippen LogP contribution in [-0.4, -0.2) is 49.3 Å². The molecule has 0 saturated carbocycles. The average Bonchev–Trinajstić information content (AvgIpc) is 3.14. The molecule has 0 rings (SSSR count). The van der Waals surface area contributed by atoms with Crippen LogP contribution in [0.3, 0.4) is 0 Å². The van der Waals surface area contributed by atoms with Gasteiger partial charge in [-0.15, -0.1) is 0 Å². The highest BCUT2D eigenvalue weighted by Gasteiger charge is 2.25. The molecule has 2 unspecified atom stereocenters. The molecule has 0 aliphatic rings. The van der Waals surface area contributed by atoms with Crippen LogP contribution in [-0.2, 0) is 32.7 Å². The van der Waals surface area contributed by atoms with Crippen LogP contribution in [0.5, 0.6) is 0 Å². The number of phosphoric acid groups is 1. The normalized spacial score (nSPS) is 14.3. The van der Waals surface area contributed by atoms with Crippen LogP contribution < -0.4 is 5.73 Å². The number of esters is 2. The van der Waals surface area contributed by atoms with Gasteiger partial charge < -0.3 is 20.1 Å². The molecule has 0 aromatic carbocycles. The van der Waals surface area contributed by atoms with Gasteiger partial charge in [0.1, 0.15) is 6.61 Å². The van der Waals surface area contributed by atoms with Crippen molar-refractivity contribution in [1.82, 2.24) is 0 Å². The Morgan fingerprint density at radius 3 is 1.64 bits per heavy atom. The zero-order valence-electron chi connectivity index (χ0n) is 33.0. The van der Waals surface area contributed by atoms with Gasteiger partial charge in [-0.3, -0.25) is 18.6 Å². The third-order valence-electron chi connectivity index (χ3n) is 7.80. The summed E-state index contributed by atoms with van der Waals surface area (Å²) in [5, 5.41) is 0. The van der Waals surface area contributed by atoms with E-state index >= 15 is 0 Å². The summed E-state index contributed by atoms with van der Waals surface area (Å²) in [6, 6.07) is 0. The van der Waals surface area contributed by atoms with Crippen molar-refractivity contribution in [3.8, 4) is 0 Å². The van der Waals surface area contributed by atoms with E-state index in [2.05, 4.69) is 80.7 Å². The van der Waals surface area contributed by atoms with Crippen molar-refractivity contribution < 1.29 is 37.6 Å². The van der Waals surface area contributed by atoms with E-state index in [1.54, 1.807) is 6.08 Å². The largest absolute Gasteiger partial charge is 0.472 e. The van der Waals surface area contributed by atoms with E-state index in [1.807, 2.05) is 12.2 Å². The number of phosphoric ester groups is 1. The van der Waals surface area contributed by atoms with E-state index in [0.717, 1.165) is 57.8 Å². The predicted octanol–water partition coefficient (Wildman–Crippen LogP) is 11.3. The van der Waals surface area contributed by atoms with Gasteiger partial charge in [0.05, 0.1) is 19.6 Å². The quantitative estimate of drug-likeness (QED) is 0.0277. The molecule has 0 bridgehead atoms. The molecule has 0 aromatic rings. The Morgan fingerprint density at radius 1 is 0.604 bits per heavy atom. The lowest BCUT2D eigenvalue weighted by Gasteiger charge is -2.19. The van der Waals surface area contributed by atoms with Crippen molar-refractivity contribution in [2.75, 3.05) is 26.4 Å². The second kappa shape index (κ2) is 38.9. The Kier molecular flexibility index (Phi) is 36.8. The van der Waals surface area contributed by atoms with Crippen LogP contribution in [0.25, 0.3) is 0 Å². The first-order chi connectivity index (χ1) is 25.8. The smallest absolute Gasteiger partial charge is 0.462 e. The summed E-state index contributed by atoms with van der Waals surface area (Å²) in [5.41, 5.74) is 5.33. The fourth-order valence-electron chi connectivity index (χ4n) is 4.86. The monoisotopic (exact) mass is 761 g/mol. The van der Waals surface area contributed by atoms with E-state index in [9.17, 15) is 19.0 Å². The maximum Gasteiger partial charge on any atom is 0.472 e. The number of nitrogens with two attached hydrogens (primary N) is 1. The number of hydrogen-bond acceptors (Lipinski definition) is 8. The van der Waals surface area contributed by atoms with Crippen LogP contribution in [0.15, 0.2) is 85.1 Å². The maximum absolute atomic E-state index is 12.5. The molecule has 2 atom stereocenters. The van der Waals surface area contributed by atoms with Gasteiger partial charge in [-0.05, 0) is 70.6 Å². The number of carbonyl (C=O) groups is 2. The molecule has 53 heavy (non-hydrogen) atoms. The molecule has 0 amide bonds. The highest BCUT2D eigenvalue weighted by Crippen LogP contribution is 2.43. The number of hydrogen-bond donors (Lipinski definition) is 2. The van der Waals surface area contributed by atoms with Gasteiger partial charge in [0.25, 0.3) is 0 Å². The Balaban J connectivity index is 4.35. The SMILES string of the molecule is CC/C=C\C/C=C\C/C=C\C/C=C\C/C=C\CC(=O)OC(COC(=O)CCCCCCCCC/C=C\C/C=C\CCCCC)COP(=O)(O)OCCN. The molecule has 0 spiro atoms. The third kappa shape index (κ3) is 38.7. The number of carbonyl (C=O) groups excluding carboxylic acids is 2. The fraction of sp³-hybridized carbons (Fsp3) is 0.628. The first-order valence-corrected chi connectivity index (χ1v) is 21.6. The van der Waals surface area contributed by atoms with Crippen LogP contribution in [0.2, 0.25) is 0 Å². The molecule has 0 heterocycles. The lowest BCUT2D eigenvalue weighted by Crippen LogP contribution is -2.29. The molecule has 3 N–H and O–H groups in total. The van der Waals surface area contributed by atoms with Crippen LogP contribution in [0, 0.1) is 0 Å². The molecular weight excluding hydrogens is 689 g/mol. The van der Waals surface area contributed by atoms with Crippen molar-refractivity contribution in [2.24, 2.45) is 5.73 Å². The highest BCUT2D eigenvalue weighted by atomic mass is 31.2. The summed E-state index contributed by atoms with van der Waals surface area (Å²) >= 11 is 0. The zero-order valence-corrected chi connectivity index (χ0v) is 33.9. The topological polar surface area (TPSA) is 134 Å². The van der Waals surface area contributed by atoms with Crippen molar-refractivity contribution in [2.45, 2.75) is 148 Å². The van der Waals surface area contributed by atoms with Gasteiger partial charge in [-0.1, -0.05) is 144 Å². The minimum Gasteiger partial charge on any atom is -0.462 e. The minimum atomic E-state index is -4.41. The van der Waals surface area contributed by atoms with E-state index in [1.165, 1.54) is 44.9 Å². The second-order valence-corrected chi connectivity index (χ2v) is 14.2. The number of allylic oxidation sites excluding steroid dienone is 13. The van der Waals surface area contributed by atoms with E-state index in [0.29, 0.717) is 12.8 Å². The standard InChI is InChI=1S/C43H72NO8P/c1-3-5-7-9-11-13-15-17-19-20-22-23-25-27-29-31-33-35-42(45)49-39-41(40-51-53(47,48)50-38-37-44)52-43(46)36-34-32-30-28-26-24-21-18-16-14-12-10-8-6-4-2/h6,8,11-14,17-19,21,26,28,32,34,41H,3-5,7,9-10,15-16,20,22-25,27,29-31,33,35-40,44H2,1-2H3,(H,47,48)/b8-6-,13-11-,14-12-,19-17-,21-18-,28-26-,34-32-. The maximum atomic E-state index is 12.5. The number of rotatable bonds is 36. The zero-order chi connectivity index (χ0) is 38.9. The van der Waals surface area contributed by atoms with Gasteiger partial charge in [-0.2, -0.15) is 0 Å². The van der Waals surface area contributed by atoms with Gasteiger partial charge >= 0.3 is 19.8 Å². The average molecular weight is 762 g/mol. The Bertz CT molecular complexity index is 1140. The van der Waals surface area contributed by atoms with Crippen LogP contribution in [0.4, 0.5) is 0 Å². The van der Waals surface area contributed by atoms with Crippen LogP contribution >= 0.6 is 7.82 Å². The first-order valence-electron chi connectivity index (χ1n) is 20.1. The molecule has 0 aromatic heterocycles. The summed E-state index contributed by atoms with van der Waals surface area (Å²) in [6.07, 6.45) is 47.8. The predicted molar refractivity (Wildman–Crippen MR) is 219 cm³/mol. The Labute approximate surface area is 322 Å². The first kappa shape index (κ1) is 50.2. The lowest BCUT2D eigenvalue weighted by atomic mass is 10.1. The van der Waals surface area contributed by atoms with Gasteiger partial charge in [0.2, 0.25) is 0 Å². The molecule has 0 aliphatic carbocycles. The van der Waals surface area contributed by atoms with Crippen molar-refractivity contribution in [3.63, 3.8) is 0 Å². The van der Waals surface area contributed by atoms with Crippen molar-refractivity contribution >= 4 is 19.8 Å². The fourth-order valence-corrected chi connectivity index (χ4v) is 5.62. The molecule has 10 heteroatoms. The van der Waals surface area contributed by atoms with Crippen LogP contribution in [0.1, 0.15) is 142 Å². The molecule has 0 radical (unpaired) electrons. The Morgan fingerprint density at radius 2 is 1.09 bits per heavy atom. The lowest BCUT2D eigenvalue weighted by molar-refractivity contribution is -0.160. The summed E-state index contributed by atoms with van der Waals surface area (Å²) in [4.78, 5) is 34.7. The van der Waals surface area contributed by atoms with Crippen molar-refractivity contribution in [1.29, 1.82) is 0 Å². The van der Waals surface area contributed by atoms with E-state index < -0.39 is 32.5 Å². The molecule has 0 aliphatic heterocycles. The minimum absolute atomic E-state index is 0.00796. The number of ether oxygens (including phenoxy) is 2. The highest BCUT2D eigenvalue weighted by molar-refractivity contribution is 7.47. The third-order valence-corrected chi connectivity index (χ3v) is 8.78. The molecule has 0 fully saturated rings. The summed E-state index contributed by atoms with van der Waals surface area (Å²) < 4.78 is 32.6. The summed E-state index contributed by atoms with van der Waals surface area (Å²) in [5.74, 6) is -0.994. The summed E-state index contributed by atoms with van der Waals surface area (Å²) in [7, 11) is -4.41. The molecule has 302 valence electrons. The summed E-state index contributed by atoms with van der Waals surface area (Å²) in [6.45, 7) is 3.44. The van der Waals surface area contributed by atoms with Crippen molar-refractivity contribution in [3.05, 3.63) is 85.1 Å². The molecular formula is C43H72NO8P. The molecule has 9 nitrogen and oxygen atoms in total. The van der Waals surface area contributed by atoms with Gasteiger partial charge in [0.15, 0.2) is 6.10 Å². The van der Waals surface area contributed by atoms with E-state index in [4.69, 9.17) is 24.3 Å². The molecule has 0 saturated heterocycles. The number of unbranched alkanes of at least 4 members (excludes halogenated alkanes) is 10. The van der Waals surface area contributed by atoms with E-state index in [-0.39, 0.29) is 32.6 Å². The van der Waals surface area contributed by atoms with Gasteiger partial charge in [0, 0.05) is 13.0 Å².